The SMILES string of the molecule is [H+].[H+].[H+].[O]=[Sb]([O-])([O-])[O-]. The zero-order valence-corrected chi connectivity index (χ0v) is 4.63. The summed E-state index contributed by atoms with van der Waals surface area (Å²) in [4.78, 5) is 0. The average Bonchev–Trinajstić information content (AvgIpc) is 0.722. The van der Waals surface area contributed by atoms with E-state index in [4.69, 9.17) is 13.2 Å². The molecule has 0 bridgehead atoms. The van der Waals surface area contributed by atoms with E-state index in [1.54, 1.807) is 0 Å². The Labute approximate surface area is 38.2 Å². The fraction of sp³-hybridized carbons (Fsp3) is 0. The predicted octanol–water partition coefficient (Wildman–Crippen LogP) is -3.73. The Morgan fingerprint density at radius 3 is 1.40 bits per heavy atom. The first kappa shape index (κ1) is 5.50. The van der Waals surface area contributed by atoms with Crippen LogP contribution in [-0.2, 0) is 3.02 Å². The molecular formula is H3O4Sb. The van der Waals surface area contributed by atoms with Gasteiger partial charge in [-0.15, -0.1) is 0 Å². The van der Waals surface area contributed by atoms with Crippen molar-refractivity contribution in [2.45, 2.75) is 0 Å². The molecule has 0 spiro atoms. The summed E-state index contributed by atoms with van der Waals surface area (Å²) in [6.45, 7) is 0. The van der Waals surface area contributed by atoms with Crippen molar-refractivity contribution in [3.8, 4) is 0 Å². The molecule has 0 aromatic heterocycles. The second-order valence-electron chi connectivity index (χ2n) is 0.447. The van der Waals surface area contributed by atoms with Gasteiger partial charge in [-0.05, 0) is 0 Å². The van der Waals surface area contributed by atoms with Crippen LogP contribution in [0.3, 0.4) is 0 Å². The van der Waals surface area contributed by atoms with E-state index in [0.717, 1.165) is 0 Å². The molecule has 0 fully saturated rings. The third-order valence-corrected chi connectivity index (χ3v) is 0. The van der Waals surface area contributed by atoms with E-state index in [-0.39, 0.29) is 4.28 Å². The summed E-state index contributed by atoms with van der Waals surface area (Å²) < 4.78 is 34.6. The molecule has 0 radical (unpaired) electrons. The fourth-order valence-corrected chi connectivity index (χ4v) is 0. The molecule has 5 heteroatoms. The van der Waals surface area contributed by atoms with Crippen molar-refractivity contribution >= 4 is 20.1 Å². The van der Waals surface area contributed by atoms with E-state index in [0.29, 0.717) is 0 Å². The minimum atomic E-state index is -6.10. The maximum absolute atomic E-state index is 8.64. The molecule has 0 saturated carbocycles. The number of rotatable bonds is 0. The summed E-state index contributed by atoms with van der Waals surface area (Å²) in [5.74, 6) is 0. The number of hydrogen-bond acceptors (Lipinski definition) is 4. The van der Waals surface area contributed by atoms with Crippen molar-refractivity contribution in [2.24, 2.45) is 0 Å². The molecule has 4 nitrogen and oxygen atoms in total. The second kappa shape index (κ2) is 1.30. The summed E-state index contributed by atoms with van der Waals surface area (Å²) >= 11 is -6.10. The fourth-order valence-electron chi connectivity index (χ4n) is 0. The standard InChI is InChI=1S/4O.Sb/q;3*-1;/p+3. The molecule has 0 rings (SSSR count). The van der Waals surface area contributed by atoms with Crippen LogP contribution >= 0.6 is 0 Å². The molecule has 0 N–H and O–H groups in total. The Bertz CT molecular complexity index is 57.4. The zero-order chi connectivity index (χ0) is 4.50. The van der Waals surface area contributed by atoms with E-state index in [1.807, 2.05) is 0 Å². The Balaban J connectivity index is -0.0000000267. The predicted molar refractivity (Wildman–Crippen MR) is 9.78 cm³/mol. The molecule has 5 heavy (non-hydrogen) atoms. The van der Waals surface area contributed by atoms with Gasteiger partial charge in [0.1, 0.15) is 0 Å². The maximum atomic E-state index is 8.64. The van der Waals surface area contributed by atoms with Crippen LogP contribution in [-0.4, -0.2) is 20.1 Å². The second-order valence-corrected chi connectivity index (χ2v) is 3.00. The van der Waals surface area contributed by atoms with Crippen LogP contribution in [0.5, 0.6) is 0 Å². The van der Waals surface area contributed by atoms with Crippen molar-refractivity contribution in [2.75, 3.05) is 0 Å². The van der Waals surface area contributed by atoms with Gasteiger partial charge in [0.05, 0.1) is 0 Å². The molecule has 0 saturated heterocycles. The van der Waals surface area contributed by atoms with Gasteiger partial charge in [-0.25, -0.2) is 0 Å². The van der Waals surface area contributed by atoms with Gasteiger partial charge in [-0.2, -0.15) is 0 Å². The van der Waals surface area contributed by atoms with Gasteiger partial charge in [0.25, 0.3) is 0 Å². The minimum absolute atomic E-state index is 0. The van der Waals surface area contributed by atoms with Crippen LogP contribution in [0.15, 0.2) is 0 Å². The molecule has 0 aliphatic carbocycles. The molecule has 32 valence electrons. The van der Waals surface area contributed by atoms with E-state index in [2.05, 4.69) is 0 Å². The van der Waals surface area contributed by atoms with Crippen LogP contribution in [0.1, 0.15) is 4.28 Å². The molecule has 0 aromatic carbocycles. The van der Waals surface area contributed by atoms with Crippen LogP contribution in [0.25, 0.3) is 0 Å². The summed E-state index contributed by atoms with van der Waals surface area (Å²) in [5, 5.41) is 0. The van der Waals surface area contributed by atoms with E-state index >= 15 is 0 Å². The van der Waals surface area contributed by atoms with Crippen LogP contribution in [0, 0.1) is 0 Å². The van der Waals surface area contributed by atoms with Crippen molar-refractivity contribution < 1.29 is 17.5 Å². The molecule has 0 aliphatic rings. The summed E-state index contributed by atoms with van der Waals surface area (Å²) in [6, 6.07) is 0. The topological polar surface area (TPSA) is 86.2 Å². The van der Waals surface area contributed by atoms with E-state index < -0.39 is 20.1 Å². The molecule has 0 amide bonds. The van der Waals surface area contributed by atoms with Crippen molar-refractivity contribution in [1.29, 1.82) is 0 Å². The van der Waals surface area contributed by atoms with E-state index in [9.17, 15) is 0 Å². The third kappa shape index (κ3) is 113. The average molecular weight is 189 g/mol. The summed E-state index contributed by atoms with van der Waals surface area (Å²) in [5.41, 5.74) is 0. The Kier molecular flexibility index (Phi) is 1.43. The van der Waals surface area contributed by atoms with Gasteiger partial charge in [-0.1, -0.05) is 0 Å². The van der Waals surface area contributed by atoms with E-state index in [1.165, 1.54) is 0 Å². The van der Waals surface area contributed by atoms with Crippen molar-refractivity contribution in [3.05, 3.63) is 0 Å². The molecular weight excluding hydrogens is 186 g/mol. The summed E-state index contributed by atoms with van der Waals surface area (Å²) in [7, 11) is 0. The van der Waals surface area contributed by atoms with Gasteiger partial charge < -0.3 is 0 Å². The Morgan fingerprint density at radius 1 is 1.40 bits per heavy atom. The van der Waals surface area contributed by atoms with Crippen molar-refractivity contribution in [3.63, 3.8) is 0 Å². The first-order valence-electron chi connectivity index (χ1n) is 0.730. The molecule has 0 aromatic rings. The quantitative estimate of drug-likeness (QED) is 0.366. The first-order valence-corrected chi connectivity index (χ1v) is 4.90. The van der Waals surface area contributed by atoms with Gasteiger partial charge in [-0.3, -0.25) is 0 Å². The molecule has 0 unspecified atom stereocenters. The number of hydrogen-bond donors (Lipinski definition) is 0. The first-order chi connectivity index (χ1) is 2.00. The summed E-state index contributed by atoms with van der Waals surface area (Å²) in [6.07, 6.45) is 0. The Morgan fingerprint density at radius 2 is 1.40 bits per heavy atom. The van der Waals surface area contributed by atoms with Gasteiger partial charge >= 0.3 is 37.5 Å². The van der Waals surface area contributed by atoms with Crippen molar-refractivity contribution in [1.82, 2.24) is 0 Å². The van der Waals surface area contributed by atoms with Gasteiger partial charge in [0, 0.05) is 0 Å². The monoisotopic (exact) mass is 188 g/mol. The van der Waals surface area contributed by atoms with Gasteiger partial charge in [0.15, 0.2) is 0 Å². The van der Waals surface area contributed by atoms with Gasteiger partial charge in [0.2, 0.25) is 0 Å². The molecule has 0 aliphatic heterocycles. The van der Waals surface area contributed by atoms with Crippen LogP contribution in [0.2, 0.25) is 0 Å². The Hall–Kier alpha value is 0.498. The van der Waals surface area contributed by atoms with Crippen LogP contribution in [0.4, 0.5) is 0 Å². The van der Waals surface area contributed by atoms with Crippen LogP contribution < -0.4 is 10.2 Å². The zero-order valence-electron chi connectivity index (χ0n) is 5.08. The third-order valence-electron chi connectivity index (χ3n) is 0. The molecule has 0 heterocycles. The molecule has 0 atom stereocenters. The normalized spacial score (nSPS) is 11.8.